The van der Waals surface area contributed by atoms with E-state index in [0.717, 1.165) is 4.90 Å². The minimum absolute atomic E-state index is 0.0835. The zero-order chi connectivity index (χ0) is 84.6. The number of amides is 14. The van der Waals surface area contributed by atoms with Gasteiger partial charge in [-0.15, -0.1) is 5.10 Å². The summed E-state index contributed by atoms with van der Waals surface area (Å²) in [6.45, 7) is 6.06. The first kappa shape index (κ1) is 93.6. The number of carbonyl (C=O) groups is 15. The van der Waals surface area contributed by atoms with Gasteiger partial charge in [0, 0.05) is 55.0 Å². The van der Waals surface area contributed by atoms with E-state index >= 15 is 14.4 Å². The summed E-state index contributed by atoms with van der Waals surface area (Å²) in [6, 6.07) is -5.95. The predicted molar refractivity (Wildman–Crippen MR) is 421 cm³/mol. The molecule has 0 aliphatic carbocycles. The summed E-state index contributed by atoms with van der Waals surface area (Å²) >= 11 is 2.77. The highest BCUT2D eigenvalue weighted by molar-refractivity contribution is 7.98. The number of aliphatic imine (C=N–C) groups is 1. The Bertz CT molecular complexity index is 4070. The number of aromatic amines is 1. The van der Waals surface area contributed by atoms with Crippen LogP contribution in [-0.2, 0) is 84.9 Å². The number of likely N-dealkylation sites (tertiary alicyclic amines) is 1. The largest absolute Gasteiger partial charge is 0.481 e. The second-order valence-electron chi connectivity index (χ2n) is 27.7. The van der Waals surface area contributed by atoms with Crippen LogP contribution >= 0.6 is 23.5 Å². The first-order valence-electron chi connectivity index (χ1n) is 37.1. The summed E-state index contributed by atoms with van der Waals surface area (Å²) in [6.07, 6.45) is 3.98. The average molecular weight is 1630 g/mol. The van der Waals surface area contributed by atoms with E-state index in [1.54, 1.807) is 94.9 Å². The number of rotatable bonds is 49. The summed E-state index contributed by atoms with van der Waals surface area (Å²) in [5.41, 5.74) is 36.0. The number of hydrogen-bond acceptors (Lipinski definition) is 23. The van der Waals surface area contributed by atoms with Crippen LogP contribution in [0, 0.1) is 11.8 Å². The van der Waals surface area contributed by atoms with E-state index in [2.05, 4.69) is 73.5 Å². The SMILES string of the molecule is CC[C@H](C)[C@H](NC(=O)[C@@H](N)CCCN=C(N)N)C(=O)N[C@@H](CC(N)=O)C(=O)N[C@@H](CC(N)=O)C(=O)N[C@H](C(=O)N1C[C@@H](n2cc(-c3ccccc3CO)nn2)C[C@H]1C(=O)N[C@@H](Cc1c[nH]c2ccccc12)C(=O)N[C@@H](CO)C(=O)N[C@@H](CCC(=O)O)C(=O)N[C@@H](C)C(=O)N[C@@H](CCSC)C(=O)N[C@@H](CCSC)C(N)=O)[C@@H](C)CC. The number of nitrogens with one attached hydrogen (secondary N) is 11. The van der Waals surface area contributed by atoms with Crippen molar-refractivity contribution in [2.75, 3.05) is 43.7 Å². The summed E-state index contributed by atoms with van der Waals surface area (Å²) in [7, 11) is 0. The van der Waals surface area contributed by atoms with Gasteiger partial charge in [-0.1, -0.05) is 88.2 Å². The number of H-pyrrole nitrogens is 1. The lowest BCUT2D eigenvalue weighted by Gasteiger charge is -2.33. The van der Waals surface area contributed by atoms with Crippen LogP contribution in [0.5, 0.6) is 0 Å². The molecule has 0 radical (unpaired) electrons. The first-order valence-corrected chi connectivity index (χ1v) is 39.9. The minimum Gasteiger partial charge on any atom is -0.481 e. The van der Waals surface area contributed by atoms with Crippen molar-refractivity contribution >= 4 is 129 Å². The number of benzene rings is 2. The van der Waals surface area contributed by atoms with Crippen LogP contribution in [0.15, 0.2) is 65.9 Å². The topological polar surface area (TPSA) is 655 Å². The van der Waals surface area contributed by atoms with Crippen LogP contribution in [0.3, 0.4) is 0 Å². The number of aliphatic hydroxyl groups is 2. The molecule has 1 fully saturated rings. The zero-order valence-electron chi connectivity index (χ0n) is 64.6. The molecule has 2 aromatic carbocycles. The summed E-state index contributed by atoms with van der Waals surface area (Å²) < 4.78 is 1.38. The van der Waals surface area contributed by atoms with Gasteiger partial charge < -0.3 is 113 Å². The number of aromatic nitrogens is 4. The quantitative estimate of drug-likeness (QED) is 0.0112. The van der Waals surface area contributed by atoms with Gasteiger partial charge in [-0.05, 0) is 92.1 Å². The number of hydrogen-bond donors (Lipinski definition) is 20. The van der Waals surface area contributed by atoms with Gasteiger partial charge in [0.25, 0.3) is 0 Å². The molecule has 40 nitrogen and oxygen atoms in total. The summed E-state index contributed by atoms with van der Waals surface area (Å²) in [4.78, 5) is 216. The highest BCUT2D eigenvalue weighted by Crippen LogP contribution is 2.32. The molecule has 15 atom stereocenters. The molecule has 626 valence electrons. The van der Waals surface area contributed by atoms with Gasteiger partial charge in [0.15, 0.2) is 5.96 Å². The number of primary amides is 3. The zero-order valence-corrected chi connectivity index (χ0v) is 66.3. The lowest BCUT2D eigenvalue weighted by Crippen LogP contribution is -2.62. The van der Waals surface area contributed by atoms with Crippen molar-refractivity contribution in [2.24, 2.45) is 51.2 Å². The highest BCUT2D eigenvalue weighted by Gasteiger charge is 2.46. The minimum atomic E-state index is -1.95. The Balaban J connectivity index is 1.49. The highest BCUT2D eigenvalue weighted by atomic mass is 32.2. The fraction of sp³-hybridized carbons (Fsp3) is 0.556. The average Bonchev–Trinajstić information content (AvgIpc) is 1.64. The Morgan fingerprint density at radius 3 is 1.73 bits per heavy atom. The number of carbonyl (C=O) groups excluding carboxylic acids is 14. The Morgan fingerprint density at radius 1 is 0.596 bits per heavy atom. The first-order chi connectivity index (χ1) is 54.1. The Hall–Kier alpha value is -11.0. The maximum atomic E-state index is 15.7. The van der Waals surface area contributed by atoms with Gasteiger partial charge >= 0.3 is 5.97 Å². The molecule has 14 amide bonds. The molecule has 1 aliphatic rings. The van der Waals surface area contributed by atoms with Gasteiger partial charge in [0.05, 0.1) is 44.3 Å². The molecule has 0 spiro atoms. The fourth-order valence-electron chi connectivity index (χ4n) is 12.3. The van der Waals surface area contributed by atoms with Gasteiger partial charge in [-0.25, -0.2) is 4.68 Å². The fourth-order valence-corrected chi connectivity index (χ4v) is 13.3. The van der Waals surface area contributed by atoms with Crippen molar-refractivity contribution in [3.05, 3.63) is 72.1 Å². The maximum absolute atomic E-state index is 15.7. The van der Waals surface area contributed by atoms with Gasteiger partial charge in [-0.2, -0.15) is 23.5 Å². The van der Waals surface area contributed by atoms with Crippen LogP contribution in [-0.4, -0.2) is 251 Å². The van der Waals surface area contributed by atoms with Crippen LogP contribution in [0.2, 0.25) is 0 Å². The molecule has 42 heteroatoms. The van der Waals surface area contributed by atoms with Crippen molar-refractivity contribution in [3.8, 4) is 11.3 Å². The van der Waals surface area contributed by atoms with E-state index in [0.29, 0.717) is 51.9 Å². The molecule has 5 rings (SSSR count). The van der Waals surface area contributed by atoms with Crippen LogP contribution < -0.4 is 87.6 Å². The molecular weight excluding hydrogens is 1530 g/mol. The van der Waals surface area contributed by atoms with E-state index in [9.17, 15) is 72.9 Å². The van der Waals surface area contributed by atoms with Crippen molar-refractivity contribution in [3.63, 3.8) is 0 Å². The molecule has 26 N–H and O–H groups in total. The third-order valence-corrected chi connectivity index (χ3v) is 20.5. The van der Waals surface area contributed by atoms with Gasteiger partial charge in [0.2, 0.25) is 82.7 Å². The lowest BCUT2D eigenvalue weighted by atomic mass is 9.96. The molecule has 0 saturated carbocycles. The molecule has 1 aliphatic heterocycles. The van der Waals surface area contributed by atoms with E-state index in [-0.39, 0.29) is 69.9 Å². The molecule has 3 heterocycles. The van der Waals surface area contributed by atoms with Crippen molar-refractivity contribution < 1.29 is 87.2 Å². The molecule has 2 aromatic heterocycles. The number of nitrogens with two attached hydrogens (primary N) is 6. The third kappa shape index (κ3) is 28.3. The van der Waals surface area contributed by atoms with Gasteiger partial charge in [-0.3, -0.25) is 76.9 Å². The number of carboxylic acids is 1. The van der Waals surface area contributed by atoms with Crippen molar-refractivity contribution in [1.29, 1.82) is 0 Å². The number of guanidine groups is 1. The second-order valence-corrected chi connectivity index (χ2v) is 29.7. The molecular formula is C72H108N22O18S2. The number of thioether (sulfide) groups is 2. The molecule has 0 bridgehead atoms. The second kappa shape index (κ2) is 46.3. The number of aliphatic hydroxyl groups excluding tert-OH is 2. The predicted octanol–water partition coefficient (Wildman–Crippen LogP) is -4.76. The molecule has 0 unspecified atom stereocenters. The van der Waals surface area contributed by atoms with Gasteiger partial charge in [0.1, 0.15) is 72.2 Å². The van der Waals surface area contributed by atoms with Crippen LogP contribution in [0.25, 0.3) is 22.2 Å². The standard InChI is InChI=1S/C72H108N22O18S2/c1-8-36(3)58(89-62(103)44(73)18-14-24-79-72(77)78)70(111)87-50(29-55(74)97)66(107)85-51(30-56(75)98)67(108)90-59(37(4)9-2)71(112)93-32-41(94-33-52(91-92-94)42-16-11-10-15-39(42)34-95)28-54(93)69(110)86-49(27-40-31-80-45-19-13-12-17-43(40)45)65(106)88-53(35-96)68(109)84-47(20-21-57(99)100)63(104)81-38(5)61(102)83-48(23-26-114-7)64(105)82-46(60(76)101)22-25-113-6/h10-13,15-17,19,31,33,36-38,41,44,46-51,53-54,58-59,80,95-96H,8-9,14,18,20-30,32,34-35,73H2,1-7H3,(H2,74,97)(H2,75,98)(H2,76,101)(H,81,104)(H,82,105)(H,83,102)(H,84,109)(H,85,107)(H,86,110)(H,87,111)(H,88,106)(H,89,103)(H,90,108)(H,99,100)(H4,77,78,79)/t36-,37-,38-,41-,44-,46-,47-,48-,49-,50-,51-,53-,54-,58-,59-/m0/s1. The Kier molecular flexibility index (Phi) is 38.0. The Morgan fingerprint density at radius 2 is 1.12 bits per heavy atom. The molecule has 114 heavy (non-hydrogen) atoms. The van der Waals surface area contributed by atoms with E-state index in [1.165, 1.54) is 41.3 Å². The Labute approximate surface area is 666 Å². The number of fused-ring (bicyclic) bond motifs is 1. The van der Waals surface area contributed by atoms with E-state index in [1.807, 2.05) is 0 Å². The summed E-state index contributed by atoms with van der Waals surface area (Å²) in [5.74, 6) is -16.4. The smallest absolute Gasteiger partial charge is 0.303 e. The number of aliphatic carboxylic acids is 1. The number of para-hydroxylation sites is 1. The maximum Gasteiger partial charge on any atom is 0.303 e. The van der Waals surface area contributed by atoms with E-state index < -0.39 is 211 Å². The third-order valence-electron chi connectivity index (χ3n) is 19.3. The summed E-state index contributed by atoms with van der Waals surface area (Å²) in [5, 5.41) is 65.1. The van der Waals surface area contributed by atoms with Crippen molar-refractivity contribution in [1.82, 2.24) is 78.0 Å². The molecule has 4 aromatic rings. The normalized spacial score (nSPS) is 16.6. The van der Waals surface area contributed by atoms with Crippen molar-refractivity contribution in [2.45, 2.75) is 197 Å². The lowest BCUT2D eigenvalue weighted by molar-refractivity contribution is -0.144. The van der Waals surface area contributed by atoms with Crippen LogP contribution in [0.1, 0.15) is 122 Å². The number of carboxylic acid groups (broad SMARTS) is 1. The van der Waals surface area contributed by atoms with Crippen LogP contribution in [0.4, 0.5) is 0 Å². The number of nitrogens with zero attached hydrogens (tertiary/aromatic N) is 5. The monoisotopic (exact) mass is 1630 g/mol. The molecule has 1 saturated heterocycles. The van der Waals surface area contributed by atoms with E-state index in [4.69, 9.17) is 34.4 Å².